The standard InChI is InChI=1S/C12H17N5O2S/c1-13-12-4-3-11(9-15-12)20(18,19)16-5-2-7-17-8-6-14-10-17/h3-4,6,8-10,16H,2,5,7H2,1H3,(H,13,15). The van der Waals surface area contributed by atoms with Crippen molar-refractivity contribution in [3.05, 3.63) is 37.1 Å². The smallest absolute Gasteiger partial charge is 0.242 e. The second-order valence-electron chi connectivity index (χ2n) is 4.18. The van der Waals surface area contributed by atoms with Gasteiger partial charge in [-0.1, -0.05) is 0 Å². The Morgan fingerprint density at radius 3 is 2.80 bits per heavy atom. The quantitative estimate of drug-likeness (QED) is 0.734. The van der Waals surface area contributed by atoms with Gasteiger partial charge in [0.2, 0.25) is 10.0 Å². The van der Waals surface area contributed by atoms with Crippen molar-refractivity contribution in [1.29, 1.82) is 0 Å². The molecule has 0 unspecified atom stereocenters. The average molecular weight is 295 g/mol. The zero-order chi connectivity index (χ0) is 14.4. The summed E-state index contributed by atoms with van der Waals surface area (Å²) in [5, 5.41) is 2.84. The summed E-state index contributed by atoms with van der Waals surface area (Å²) in [4.78, 5) is 8.08. The van der Waals surface area contributed by atoms with Crippen LogP contribution in [0, 0.1) is 0 Å². The minimum absolute atomic E-state index is 0.166. The maximum atomic E-state index is 12.0. The molecule has 0 amide bonds. The molecule has 2 aromatic heterocycles. The number of hydrogen-bond acceptors (Lipinski definition) is 5. The van der Waals surface area contributed by atoms with Crippen LogP contribution in [-0.2, 0) is 16.6 Å². The van der Waals surface area contributed by atoms with Crippen molar-refractivity contribution in [3.8, 4) is 0 Å². The van der Waals surface area contributed by atoms with Gasteiger partial charge in [0.25, 0.3) is 0 Å². The molecule has 0 radical (unpaired) electrons. The first-order valence-electron chi connectivity index (χ1n) is 6.21. The van der Waals surface area contributed by atoms with Gasteiger partial charge >= 0.3 is 0 Å². The molecule has 2 heterocycles. The number of imidazole rings is 1. The summed E-state index contributed by atoms with van der Waals surface area (Å²) < 4.78 is 28.5. The van der Waals surface area contributed by atoms with Crippen molar-refractivity contribution in [2.45, 2.75) is 17.9 Å². The van der Waals surface area contributed by atoms with Gasteiger partial charge in [0.05, 0.1) is 6.33 Å². The predicted octanol–water partition coefficient (Wildman–Crippen LogP) is 0.688. The van der Waals surface area contributed by atoms with Crippen LogP contribution in [0.25, 0.3) is 0 Å². The fraction of sp³-hybridized carbons (Fsp3) is 0.333. The first kappa shape index (κ1) is 14.5. The van der Waals surface area contributed by atoms with Crippen LogP contribution >= 0.6 is 0 Å². The highest BCUT2D eigenvalue weighted by atomic mass is 32.2. The van der Waals surface area contributed by atoms with Gasteiger partial charge in [-0.3, -0.25) is 0 Å². The maximum Gasteiger partial charge on any atom is 0.242 e. The van der Waals surface area contributed by atoms with Crippen LogP contribution in [0.3, 0.4) is 0 Å². The predicted molar refractivity (Wildman–Crippen MR) is 75.8 cm³/mol. The molecule has 0 saturated carbocycles. The Hall–Kier alpha value is -1.93. The molecular weight excluding hydrogens is 278 g/mol. The van der Waals surface area contributed by atoms with Crippen LogP contribution in [0.15, 0.2) is 41.9 Å². The maximum absolute atomic E-state index is 12.0. The molecule has 2 N–H and O–H groups in total. The summed E-state index contributed by atoms with van der Waals surface area (Å²) in [6.07, 6.45) is 7.27. The second-order valence-corrected chi connectivity index (χ2v) is 5.95. The van der Waals surface area contributed by atoms with E-state index in [4.69, 9.17) is 0 Å². The van der Waals surface area contributed by atoms with Crippen molar-refractivity contribution in [3.63, 3.8) is 0 Å². The fourth-order valence-corrected chi connectivity index (χ4v) is 2.68. The Bertz CT molecular complexity index is 622. The summed E-state index contributed by atoms with van der Waals surface area (Å²) in [5.41, 5.74) is 0. The summed E-state index contributed by atoms with van der Waals surface area (Å²) in [6, 6.07) is 3.15. The molecular formula is C12H17N5O2S. The minimum atomic E-state index is -3.49. The van der Waals surface area contributed by atoms with Gasteiger partial charge < -0.3 is 9.88 Å². The van der Waals surface area contributed by atoms with Crippen LogP contribution in [0.5, 0.6) is 0 Å². The third-order valence-corrected chi connectivity index (χ3v) is 4.19. The summed E-state index contributed by atoms with van der Waals surface area (Å²) in [6.45, 7) is 1.09. The van der Waals surface area contributed by atoms with Gasteiger partial charge in [0.1, 0.15) is 10.7 Å². The number of aromatic nitrogens is 3. The number of aryl methyl sites for hydroxylation is 1. The molecule has 0 fully saturated rings. The van der Waals surface area contributed by atoms with Gasteiger partial charge in [0, 0.05) is 38.7 Å². The Morgan fingerprint density at radius 1 is 1.35 bits per heavy atom. The van der Waals surface area contributed by atoms with Gasteiger partial charge in [-0.25, -0.2) is 23.1 Å². The van der Waals surface area contributed by atoms with E-state index in [1.165, 1.54) is 12.3 Å². The van der Waals surface area contributed by atoms with Crippen molar-refractivity contribution in [2.75, 3.05) is 18.9 Å². The van der Waals surface area contributed by atoms with Gasteiger partial charge in [-0.15, -0.1) is 0 Å². The zero-order valence-corrected chi connectivity index (χ0v) is 12.0. The average Bonchev–Trinajstić information content (AvgIpc) is 2.97. The number of nitrogens with zero attached hydrogens (tertiary/aromatic N) is 3. The van der Waals surface area contributed by atoms with E-state index in [-0.39, 0.29) is 4.90 Å². The molecule has 0 aliphatic rings. The molecule has 108 valence electrons. The van der Waals surface area contributed by atoms with Crippen LogP contribution in [-0.4, -0.2) is 36.5 Å². The monoisotopic (exact) mass is 295 g/mol. The van der Waals surface area contributed by atoms with E-state index in [0.29, 0.717) is 18.8 Å². The lowest BCUT2D eigenvalue weighted by atomic mass is 10.4. The molecule has 0 saturated heterocycles. The minimum Gasteiger partial charge on any atom is -0.373 e. The largest absolute Gasteiger partial charge is 0.373 e. The lowest BCUT2D eigenvalue weighted by molar-refractivity contribution is 0.569. The summed E-state index contributed by atoms with van der Waals surface area (Å²) in [7, 11) is -1.76. The Balaban J connectivity index is 1.86. The highest BCUT2D eigenvalue weighted by Gasteiger charge is 2.13. The molecule has 2 rings (SSSR count). The highest BCUT2D eigenvalue weighted by molar-refractivity contribution is 7.89. The number of sulfonamides is 1. The number of pyridine rings is 1. The van der Waals surface area contributed by atoms with Crippen LogP contribution in [0.1, 0.15) is 6.42 Å². The third kappa shape index (κ3) is 3.78. The van der Waals surface area contributed by atoms with E-state index in [1.807, 2.05) is 10.8 Å². The molecule has 0 aromatic carbocycles. The molecule has 2 aromatic rings. The van der Waals surface area contributed by atoms with E-state index in [1.54, 1.807) is 25.6 Å². The topological polar surface area (TPSA) is 88.9 Å². The third-order valence-electron chi connectivity index (χ3n) is 2.75. The molecule has 20 heavy (non-hydrogen) atoms. The van der Waals surface area contributed by atoms with Crippen molar-refractivity contribution >= 4 is 15.8 Å². The molecule has 0 atom stereocenters. The van der Waals surface area contributed by atoms with Crippen LogP contribution in [0.4, 0.5) is 5.82 Å². The first-order valence-corrected chi connectivity index (χ1v) is 7.69. The van der Waals surface area contributed by atoms with E-state index >= 15 is 0 Å². The number of rotatable bonds is 7. The van der Waals surface area contributed by atoms with Gasteiger partial charge in [0.15, 0.2) is 0 Å². The lowest BCUT2D eigenvalue weighted by Crippen LogP contribution is -2.25. The van der Waals surface area contributed by atoms with Crippen molar-refractivity contribution in [2.24, 2.45) is 0 Å². The number of anilines is 1. The Morgan fingerprint density at radius 2 is 2.20 bits per heavy atom. The molecule has 8 heteroatoms. The summed E-state index contributed by atoms with van der Waals surface area (Å²) in [5.74, 6) is 0.629. The van der Waals surface area contributed by atoms with Crippen LogP contribution < -0.4 is 10.0 Å². The van der Waals surface area contributed by atoms with Crippen molar-refractivity contribution < 1.29 is 8.42 Å². The molecule has 0 spiro atoms. The Labute approximate surface area is 118 Å². The molecule has 0 aliphatic heterocycles. The molecule has 0 bridgehead atoms. The van der Waals surface area contributed by atoms with E-state index in [9.17, 15) is 8.42 Å². The second kappa shape index (κ2) is 6.49. The van der Waals surface area contributed by atoms with Gasteiger partial charge in [-0.05, 0) is 18.6 Å². The van der Waals surface area contributed by atoms with Crippen molar-refractivity contribution in [1.82, 2.24) is 19.3 Å². The lowest BCUT2D eigenvalue weighted by Gasteiger charge is -2.07. The van der Waals surface area contributed by atoms with E-state index < -0.39 is 10.0 Å². The SMILES string of the molecule is CNc1ccc(S(=O)(=O)NCCCn2ccnc2)cn1. The Kier molecular flexibility index (Phi) is 4.70. The van der Waals surface area contributed by atoms with E-state index in [0.717, 1.165) is 6.54 Å². The number of hydrogen-bond donors (Lipinski definition) is 2. The fourth-order valence-electron chi connectivity index (χ4n) is 1.66. The van der Waals surface area contributed by atoms with Gasteiger partial charge in [-0.2, -0.15) is 0 Å². The van der Waals surface area contributed by atoms with E-state index in [2.05, 4.69) is 20.0 Å². The van der Waals surface area contributed by atoms with Crippen LogP contribution in [0.2, 0.25) is 0 Å². The zero-order valence-electron chi connectivity index (χ0n) is 11.2. The normalized spacial score (nSPS) is 11.4. The highest BCUT2D eigenvalue weighted by Crippen LogP contribution is 2.09. The molecule has 0 aliphatic carbocycles. The summed E-state index contributed by atoms with van der Waals surface area (Å²) >= 11 is 0. The molecule has 7 nitrogen and oxygen atoms in total. The first-order chi connectivity index (χ1) is 9.62. The number of nitrogens with one attached hydrogen (secondary N) is 2.